The van der Waals surface area contributed by atoms with Gasteiger partial charge < -0.3 is 19.9 Å². The Kier molecular flexibility index (Phi) is 8.77. The van der Waals surface area contributed by atoms with Crippen LogP contribution in [0.15, 0.2) is 29.3 Å². The third kappa shape index (κ3) is 5.96. The van der Waals surface area contributed by atoms with Crippen LogP contribution in [0.3, 0.4) is 0 Å². The number of esters is 1. The van der Waals surface area contributed by atoms with Crippen LogP contribution in [0, 0.1) is 5.92 Å². The van der Waals surface area contributed by atoms with E-state index in [2.05, 4.69) is 67.3 Å². The number of hydrogen-bond donors (Lipinski definition) is 1. The number of benzene rings is 1. The van der Waals surface area contributed by atoms with E-state index < -0.39 is 0 Å². The first-order chi connectivity index (χ1) is 13.5. The molecule has 1 unspecified atom stereocenters. The van der Waals surface area contributed by atoms with Crippen LogP contribution in [0.4, 0.5) is 0 Å². The van der Waals surface area contributed by atoms with E-state index in [-0.39, 0.29) is 17.9 Å². The molecule has 0 radical (unpaired) electrons. The van der Waals surface area contributed by atoms with E-state index >= 15 is 0 Å². The van der Waals surface area contributed by atoms with E-state index in [0.717, 1.165) is 44.9 Å². The van der Waals surface area contributed by atoms with Crippen molar-refractivity contribution >= 4 is 11.9 Å². The lowest BCUT2D eigenvalue weighted by atomic mass is 9.97. The van der Waals surface area contributed by atoms with Gasteiger partial charge in [-0.2, -0.15) is 0 Å². The first-order valence-corrected chi connectivity index (χ1v) is 10.4. The van der Waals surface area contributed by atoms with Crippen LogP contribution in [0.5, 0.6) is 0 Å². The molecular formula is C22H36N4O2. The van der Waals surface area contributed by atoms with Crippen molar-refractivity contribution in [1.82, 2.24) is 15.1 Å². The van der Waals surface area contributed by atoms with Gasteiger partial charge in [-0.1, -0.05) is 31.2 Å². The minimum atomic E-state index is -0.0928. The number of carbonyl (C=O) groups is 1. The largest absolute Gasteiger partial charge is 0.469 e. The Hall–Kier alpha value is -2.08. The predicted octanol–water partition coefficient (Wildman–Crippen LogP) is 2.70. The summed E-state index contributed by atoms with van der Waals surface area (Å²) in [5.41, 5.74) is 2.64. The van der Waals surface area contributed by atoms with Gasteiger partial charge in [-0.25, -0.2) is 0 Å². The number of piperidine rings is 1. The Morgan fingerprint density at radius 1 is 1.25 bits per heavy atom. The fraction of sp³-hybridized carbons (Fsp3) is 0.636. The zero-order chi connectivity index (χ0) is 20.5. The lowest BCUT2D eigenvalue weighted by Crippen LogP contribution is -2.47. The Bertz CT molecular complexity index is 634. The average Bonchev–Trinajstić information content (AvgIpc) is 2.73. The lowest BCUT2D eigenvalue weighted by molar-refractivity contribution is -0.146. The van der Waals surface area contributed by atoms with Crippen molar-refractivity contribution in [2.24, 2.45) is 10.9 Å². The van der Waals surface area contributed by atoms with Crippen molar-refractivity contribution in [3.63, 3.8) is 0 Å². The summed E-state index contributed by atoms with van der Waals surface area (Å²) in [4.78, 5) is 21.2. The zero-order valence-corrected chi connectivity index (χ0v) is 18.1. The molecule has 0 aromatic heterocycles. The topological polar surface area (TPSA) is 57.2 Å². The highest BCUT2D eigenvalue weighted by Gasteiger charge is 2.27. The van der Waals surface area contributed by atoms with Crippen LogP contribution in [0.2, 0.25) is 0 Å². The van der Waals surface area contributed by atoms with Gasteiger partial charge >= 0.3 is 5.97 Å². The number of nitrogens with zero attached hydrogens (tertiary/aromatic N) is 3. The average molecular weight is 389 g/mol. The summed E-state index contributed by atoms with van der Waals surface area (Å²) in [6, 6.07) is 9.07. The summed E-state index contributed by atoms with van der Waals surface area (Å²) in [7, 11) is 5.67. The van der Waals surface area contributed by atoms with Gasteiger partial charge in [0, 0.05) is 19.6 Å². The summed E-state index contributed by atoms with van der Waals surface area (Å²) >= 11 is 0. The summed E-state index contributed by atoms with van der Waals surface area (Å²) in [6.45, 7) is 7.43. The third-order valence-electron chi connectivity index (χ3n) is 5.47. The van der Waals surface area contributed by atoms with Gasteiger partial charge in [0.25, 0.3) is 0 Å². The van der Waals surface area contributed by atoms with E-state index in [1.807, 2.05) is 0 Å². The summed E-state index contributed by atoms with van der Waals surface area (Å²) in [5, 5.41) is 3.42. The number of likely N-dealkylation sites (N-methyl/N-ethyl adjacent to an activating group) is 1. The van der Waals surface area contributed by atoms with Crippen molar-refractivity contribution in [3.8, 4) is 0 Å². The normalized spacial score (nSPS) is 16.9. The second-order valence-electron chi connectivity index (χ2n) is 7.55. The number of hydrogen-bond acceptors (Lipinski definition) is 4. The van der Waals surface area contributed by atoms with Crippen molar-refractivity contribution in [2.45, 2.75) is 39.2 Å². The molecule has 0 spiro atoms. The smallest absolute Gasteiger partial charge is 0.308 e. The van der Waals surface area contributed by atoms with E-state index in [0.29, 0.717) is 6.54 Å². The Balaban J connectivity index is 2.07. The number of ether oxygens (including phenoxy) is 1. The molecule has 1 aliphatic heterocycles. The molecular weight excluding hydrogens is 352 g/mol. The minimum absolute atomic E-state index is 0.00994. The quantitative estimate of drug-likeness (QED) is 0.442. The molecule has 1 N–H and O–H groups in total. The van der Waals surface area contributed by atoms with Gasteiger partial charge in [-0.3, -0.25) is 9.79 Å². The Morgan fingerprint density at radius 2 is 1.89 bits per heavy atom. The first kappa shape index (κ1) is 22.2. The van der Waals surface area contributed by atoms with Gasteiger partial charge in [0.05, 0.1) is 25.6 Å². The van der Waals surface area contributed by atoms with Gasteiger partial charge in [0.1, 0.15) is 0 Å². The molecule has 0 bridgehead atoms. The van der Waals surface area contributed by atoms with Crippen LogP contribution in [0.1, 0.15) is 43.9 Å². The molecule has 2 rings (SSSR count). The van der Waals surface area contributed by atoms with Crippen LogP contribution < -0.4 is 5.32 Å². The van der Waals surface area contributed by atoms with Gasteiger partial charge in [-0.15, -0.1) is 0 Å². The van der Waals surface area contributed by atoms with Crippen LogP contribution in [0.25, 0.3) is 0 Å². The molecule has 1 atom stereocenters. The van der Waals surface area contributed by atoms with Crippen molar-refractivity contribution in [3.05, 3.63) is 35.4 Å². The molecule has 28 heavy (non-hydrogen) atoms. The van der Waals surface area contributed by atoms with Crippen molar-refractivity contribution in [2.75, 3.05) is 47.4 Å². The summed E-state index contributed by atoms with van der Waals surface area (Å²) < 4.78 is 4.89. The fourth-order valence-electron chi connectivity index (χ4n) is 3.63. The maximum atomic E-state index is 11.8. The Labute approximate surface area is 170 Å². The second kappa shape index (κ2) is 11.1. The fourth-order valence-corrected chi connectivity index (χ4v) is 3.63. The SMILES string of the molecule is CCNC(=NCC(c1ccc(CC)cc1)N(C)C)N1CCC(C(=O)OC)CC1. The van der Waals surface area contributed by atoms with Crippen LogP contribution in [-0.4, -0.2) is 69.1 Å². The maximum Gasteiger partial charge on any atom is 0.308 e. The number of nitrogens with one attached hydrogen (secondary N) is 1. The molecule has 0 amide bonds. The molecule has 6 heteroatoms. The summed E-state index contributed by atoms with van der Waals surface area (Å²) in [6.07, 6.45) is 2.68. The number of methoxy groups -OCH3 is 1. The van der Waals surface area contributed by atoms with E-state index in [4.69, 9.17) is 9.73 Å². The Morgan fingerprint density at radius 3 is 2.39 bits per heavy atom. The third-order valence-corrected chi connectivity index (χ3v) is 5.47. The first-order valence-electron chi connectivity index (χ1n) is 10.4. The zero-order valence-electron chi connectivity index (χ0n) is 18.1. The molecule has 1 saturated heterocycles. The number of carbonyl (C=O) groups excluding carboxylic acids is 1. The maximum absolute atomic E-state index is 11.8. The van der Waals surface area contributed by atoms with E-state index in [1.165, 1.54) is 18.2 Å². The molecule has 6 nitrogen and oxygen atoms in total. The molecule has 0 aliphatic carbocycles. The monoisotopic (exact) mass is 388 g/mol. The second-order valence-corrected chi connectivity index (χ2v) is 7.55. The highest BCUT2D eigenvalue weighted by atomic mass is 16.5. The van der Waals surface area contributed by atoms with Crippen molar-refractivity contribution in [1.29, 1.82) is 0 Å². The molecule has 1 aromatic carbocycles. The van der Waals surface area contributed by atoms with Gasteiger partial charge in [-0.05, 0) is 51.4 Å². The molecule has 1 aliphatic rings. The number of likely N-dealkylation sites (tertiary alicyclic amines) is 1. The number of aryl methyl sites for hydroxylation is 1. The number of guanidine groups is 1. The minimum Gasteiger partial charge on any atom is -0.469 e. The van der Waals surface area contributed by atoms with Crippen LogP contribution in [-0.2, 0) is 16.0 Å². The molecule has 1 heterocycles. The highest BCUT2D eigenvalue weighted by Crippen LogP contribution is 2.21. The van der Waals surface area contributed by atoms with Crippen molar-refractivity contribution < 1.29 is 9.53 Å². The van der Waals surface area contributed by atoms with Gasteiger partial charge in [0.15, 0.2) is 5.96 Å². The molecule has 1 fully saturated rings. The molecule has 1 aromatic rings. The van der Waals surface area contributed by atoms with E-state index in [9.17, 15) is 4.79 Å². The van der Waals surface area contributed by atoms with E-state index in [1.54, 1.807) is 0 Å². The molecule has 156 valence electrons. The number of aliphatic imine (C=N–C) groups is 1. The molecule has 0 saturated carbocycles. The lowest BCUT2D eigenvalue weighted by Gasteiger charge is -2.33. The number of rotatable bonds is 7. The van der Waals surface area contributed by atoms with Gasteiger partial charge in [0.2, 0.25) is 0 Å². The highest BCUT2D eigenvalue weighted by molar-refractivity contribution is 5.80. The summed E-state index contributed by atoms with van der Waals surface area (Å²) in [5.74, 6) is 0.850. The van der Waals surface area contributed by atoms with Crippen LogP contribution >= 0.6 is 0 Å². The standard InChI is InChI=1S/C22H36N4O2/c1-6-17-8-10-18(11-9-17)20(25(3)4)16-24-22(23-7-2)26-14-12-19(13-15-26)21(27)28-5/h8-11,19-20H,6-7,12-16H2,1-5H3,(H,23,24). The predicted molar refractivity (Wildman–Crippen MR) is 115 cm³/mol.